The van der Waals surface area contributed by atoms with Crippen LogP contribution in [-0.2, 0) is 6.54 Å². The number of imidazole rings is 1. The number of carbonyl (C=O) groups excluding carboxylic acids is 1. The molecule has 2 rings (SSSR count). The second-order valence-corrected chi connectivity index (χ2v) is 6.28. The van der Waals surface area contributed by atoms with Gasteiger partial charge >= 0.3 is 5.97 Å². The quantitative estimate of drug-likeness (QED) is 0.667. The Labute approximate surface area is 142 Å². The molecule has 2 N–H and O–H groups in total. The van der Waals surface area contributed by atoms with E-state index in [0.717, 1.165) is 8.04 Å². The second-order valence-electron chi connectivity index (χ2n) is 4.18. The van der Waals surface area contributed by atoms with E-state index in [0.29, 0.717) is 18.7 Å². The fraction of sp³-hybridized carbons (Fsp3) is 0.154. The van der Waals surface area contributed by atoms with Gasteiger partial charge in [-0.25, -0.2) is 9.78 Å². The molecule has 1 aromatic heterocycles. The number of carboxylic acid groups (broad SMARTS) is 1. The third kappa shape index (κ3) is 4.27. The van der Waals surface area contributed by atoms with Crippen LogP contribution in [0.2, 0.25) is 0 Å². The van der Waals surface area contributed by atoms with Crippen molar-refractivity contribution in [1.29, 1.82) is 0 Å². The molecular formula is C13H11BrIN3O3. The molecule has 0 unspecified atom stereocenters. The first-order chi connectivity index (χ1) is 9.97. The molecule has 0 spiro atoms. The van der Waals surface area contributed by atoms with Gasteiger partial charge in [0, 0.05) is 27.3 Å². The van der Waals surface area contributed by atoms with Crippen molar-refractivity contribution in [3.63, 3.8) is 0 Å². The average molecular weight is 464 g/mol. The molecule has 0 radical (unpaired) electrons. The van der Waals surface area contributed by atoms with Gasteiger partial charge in [0.15, 0.2) is 5.69 Å². The molecule has 0 saturated carbocycles. The van der Waals surface area contributed by atoms with Gasteiger partial charge in [-0.1, -0.05) is 0 Å². The van der Waals surface area contributed by atoms with Gasteiger partial charge in [0.1, 0.15) is 0 Å². The van der Waals surface area contributed by atoms with E-state index in [9.17, 15) is 9.59 Å². The third-order valence-corrected chi connectivity index (χ3v) is 4.04. The SMILES string of the molecule is O=C(O)c1cn(CCNC(=O)c2cc(I)ccc2Br)cn1. The number of aromatic carboxylic acids is 1. The minimum Gasteiger partial charge on any atom is -0.476 e. The molecular weight excluding hydrogens is 453 g/mol. The molecule has 0 aliphatic heterocycles. The highest BCUT2D eigenvalue weighted by molar-refractivity contribution is 14.1. The number of halogens is 2. The van der Waals surface area contributed by atoms with E-state index in [1.54, 1.807) is 10.6 Å². The molecule has 1 amide bonds. The Balaban J connectivity index is 1.92. The lowest BCUT2D eigenvalue weighted by Gasteiger charge is -2.07. The fourth-order valence-corrected chi connectivity index (χ4v) is 2.58. The highest BCUT2D eigenvalue weighted by Gasteiger charge is 2.10. The molecule has 110 valence electrons. The Hall–Kier alpha value is -1.42. The third-order valence-electron chi connectivity index (χ3n) is 2.68. The molecule has 0 aliphatic carbocycles. The number of nitrogens with one attached hydrogen (secondary N) is 1. The summed E-state index contributed by atoms with van der Waals surface area (Å²) in [5.74, 6) is -1.25. The van der Waals surface area contributed by atoms with Crippen LogP contribution in [0.3, 0.4) is 0 Å². The predicted molar refractivity (Wildman–Crippen MR) is 88.4 cm³/mol. The first kappa shape index (κ1) is 16.0. The van der Waals surface area contributed by atoms with Crippen LogP contribution in [-0.4, -0.2) is 33.1 Å². The van der Waals surface area contributed by atoms with Crippen molar-refractivity contribution in [3.8, 4) is 0 Å². The van der Waals surface area contributed by atoms with Crippen molar-refractivity contribution < 1.29 is 14.7 Å². The Bertz CT molecular complexity index is 687. The largest absolute Gasteiger partial charge is 0.476 e. The zero-order valence-corrected chi connectivity index (χ0v) is 14.5. The van der Waals surface area contributed by atoms with Crippen LogP contribution < -0.4 is 5.32 Å². The van der Waals surface area contributed by atoms with Crippen molar-refractivity contribution in [2.45, 2.75) is 6.54 Å². The Morgan fingerprint density at radius 1 is 1.43 bits per heavy atom. The van der Waals surface area contributed by atoms with Crippen LogP contribution in [0.15, 0.2) is 35.2 Å². The number of carboxylic acids is 1. The maximum Gasteiger partial charge on any atom is 0.356 e. The van der Waals surface area contributed by atoms with Crippen LogP contribution in [0.4, 0.5) is 0 Å². The molecule has 21 heavy (non-hydrogen) atoms. The monoisotopic (exact) mass is 463 g/mol. The lowest BCUT2D eigenvalue weighted by molar-refractivity contribution is 0.0690. The number of hydrogen-bond acceptors (Lipinski definition) is 3. The standard InChI is InChI=1S/C13H11BrIN3O3/c14-10-2-1-8(15)5-9(10)12(19)16-3-4-18-6-11(13(20)21)17-7-18/h1-2,5-7H,3-4H2,(H,16,19)(H,20,21). The Kier molecular flexibility index (Phi) is 5.34. The minimum absolute atomic E-state index is 0.0123. The van der Waals surface area contributed by atoms with Crippen molar-refractivity contribution in [1.82, 2.24) is 14.9 Å². The topological polar surface area (TPSA) is 84.2 Å². The summed E-state index contributed by atoms with van der Waals surface area (Å²) in [6.07, 6.45) is 2.85. The van der Waals surface area contributed by atoms with Crippen LogP contribution in [0.25, 0.3) is 0 Å². The molecule has 0 atom stereocenters. The van der Waals surface area contributed by atoms with E-state index < -0.39 is 5.97 Å². The van der Waals surface area contributed by atoms with Crippen LogP contribution in [0.1, 0.15) is 20.8 Å². The molecule has 1 aromatic carbocycles. The predicted octanol–water partition coefficient (Wildman–Crippen LogP) is 2.38. The highest BCUT2D eigenvalue weighted by Crippen LogP contribution is 2.19. The fourth-order valence-electron chi connectivity index (χ4n) is 1.66. The number of carbonyl (C=O) groups is 2. The van der Waals surface area contributed by atoms with E-state index in [1.807, 2.05) is 12.1 Å². The highest BCUT2D eigenvalue weighted by atomic mass is 127. The van der Waals surface area contributed by atoms with Gasteiger partial charge in [-0.05, 0) is 56.7 Å². The molecule has 6 nitrogen and oxygen atoms in total. The van der Waals surface area contributed by atoms with Crippen LogP contribution in [0, 0.1) is 3.57 Å². The normalized spacial score (nSPS) is 10.4. The maximum atomic E-state index is 12.1. The van der Waals surface area contributed by atoms with Gasteiger partial charge in [0.25, 0.3) is 5.91 Å². The maximum absolute atomic E-state index is 12.1. The zero-order chi connectivity index (χ0) is 15.4. The van der Waals surface area contributed by atoms with Crippen LogP contribution >= 0.6 is 38.5 Å². The lowest BCUT2D eigenvalue weighted by Crippen LogP contribution is -2.27. The molecule has 0 saturated heterocycles. The number of nitrogens with zero attached hydrogens (tertiary/aromatic N) is 2. The van der Waals surface area contributed by atoms with Gasteiger partial charge in [0.05, 0.1) is 11.9 Å². The number of hydrogen-bond donors (Lipinski definition) is 2. The summed E-state index contributed by atoms with van der Waals surface area (Å²) in [6, 6.07) is 5.52. The Morgan fingerprint density at radius 2 is 2.19 bits per heavy atom. The average Bonchev–Trinajstić information content (AvgIpc) is 2.90. The van der Waals surface area contributed by atoms with E-state index >= 15 is 0 Å². The molecule has 0 fully saturated rings. The summed E-state index contributed by atoms with van der Waals surface area (Å²) in [5, 5.41) is 11.6. The van der Waals surface area contributed by atoms with E-state index in [-0.39, 0.29) is 11.6 Å². The Morgan fingerprint density at radius 3 is 2.86 bits per heavy atom. The summed E-state index contributed by atoms with van der Waals surface area (Å²) in [7, 11) is 0. The van der Waals surface area contributed by atoms with Gasteiger partial charge < -0.3 is 15.0 Å². The van der Waals surface area contributed by atoms with Crippen molar-refractivity contribution in [3.05, 3.63) is 50.0 Å². The summed E-state index contributed by atoms with van der Waals surface area (Å²) >= 11 is 5.49. The van der Waals surface area contributed by atoms with Gasteiger partial charge in [0.2, 0.25) is 0 Å². The van der Waals surface area contributed by atoms with Crippen molar-refractivity contribution >= 4 is 50.4 Å². The molecule has 2 aromatic rings. The number of amides is 1. The van der Waals surface area contributed by atoms with Gasteiger partial charge in [-0.15, -0.1) is 0 Å². The van der Waals surface area contributed by atoms with E-state index in [4.69, 9.17) is 5.11 Å². The van der Waals surface area contributed by atoms with Crippen molar-refractivity contribution in [2.75, 3.05) is 6.54 Å². The zero-order valence-electron chi connectivity index (χ0n) is 10.7. The summed E-state index contributed by atoms with van der Waals surface area (Å²) in [4.78, 5) is 26.5. The van der Waals surface area contributed by atoms with E-state index in [2.05, 4.69) is 48.8 Å². The number of benzene rings is 1. The summed E-state index contributed by atoms with van der Waals surface area (Å²) in [6.45, 7) is 0.833. The molecule has 0 aliphatic rings. The number of rotatable bonds is 5. The first-order valence-corrected chi connectivity index (χ1v) is 7.83. The first-order valence-electron chi connectivity index (χ1n) is 5.95. The smallest absolute Gasteiger partial charge is 0.356 e. The number of aromatic nitrogens is 2. The molecule has 8 heteroatoms. The van der Waals surface area contributed by atoms with Gasteiger partial charge in [-0.2, -0.15) is 0 Å². The summed E-state index contributed by atoms with van der Waals surface area (Å²) in [5.41, 5.74) is 0.556. The van der Waals surface area contributed by atoms with Crippen LogP contribution in [0.5, 0.6) is 0 Å². The van der Waals surface area contributed by atoms with Crippen molar-refractivity contribution in [2.24, 2.45) is 0 Å². The van der Waals surface area contributed by atoms with E-state index in [1.165, 1.54) is 12.5 Å². The molecule has 1 heterocycles. The minimum atomic E-state index is -1.07. The lowest BCUT2D eigenvalue weighted by atomic mass is 10.2. The molecule has 0 bridgehead atoms. The second kappa shape index (κ2) is 7.03. The summed E-state index contributed by atoms with van der Waals surface area (Å²) < 4.78 is 3.32. The van der Waals surface area contributed by atoms with Gasteiger partial charge in [-0.3, -0.25) is 4.79 Å².